The van der Waals surface area contributed by atoms with E-state index in [0.29, 0.717) is 36.0 Å². The number of thiophene rings is 1. The third kappa shape index (κ3) is 6.07. The average molecular weight is 523 g/mol. The lowest BCUT2D eigenvalue weighted by Gasteiger charge is -2.38. The molecule has 0 unspecified atom stereocenters. The first-order valence-corrected chi connectivity index (χ1v) is 13.4. The van der Waals surface area contributed by atoms with Crippen LogP contribution in [-0.2, 0) is 11.2 Å². The first kappa shape index (κ1) is 26.5. The van der Waals surface area contributed by atoms with Gasteiger partial charge in [0.2, 0.25) is 5.91 Å². The highest BCUT2D eigenvalue weighted by molar-refractivity contribution is 7.10. The van der Waals surface area contributed by atoms with Crippen molar-refractivity contribution in [1.82, 2.24) is 9.80 Å². The molecule has 2 heterocycles. The molecular formula is C29H34N2O5S. The van der Waals surface area contributed by atoms with Crippen molar-refractivity contribution in [3.05, 3.63) is 76.0 Å². The van der Waals surface area contributed by atoms with Crippen molar-refractivity contribution < 1.29 is 23.8 Å². The third-order valence-corrected chi connectivity index (χ3v) is 7.89. The number of carbonyl (C=O) groups excluding carboxylic acids is 2. The molecule has 0 N–H and O–H groups in total. The summed E-state index contributed by atoms with van der Waals surface area (Å²) in [6, 6.07) is 16.2. The van der Waals surface area contributed by atoms with Crippen LogP contribution in [0.15, 0.2) is 60.0 Å². The summed E-state index contributed by atoms with van der Waals surface area (Å²) in [6.07, 6.45) is 1.54. The van der Waals surface area contributed by atoms with E-state index in [0.717, 1.165) is 18.4 Å². The Labute approximate surface area is 222 Å². The van der Waals surface area contributed by atoms with Crippen molar-refractivity contribution in [3.63, 3.8) is 0 Å². The second kappa shape index (κ2) is 12.1. The summed E-state index contributed by atoms with van der Waals surface area (Å²) in [5, 5.41) is 2.07. The second-order valence-corrected chi connectivity index (χ2v) is 10.1. The van der Waals surface area contributed by atoms with Crippen LogP contribution in [0, 0.1) is 0 Å². The van der Waals surface area contributed by atoms with Gasteiger partial charge >= 0.3 is 0 Å². The van der Waals surface area contributed by atoms with E-state index in [9.17, 15) is 9.59 Å². The van der Waals surface area contributed by atoms with Crippen LogP contribution in [0.5, 0.6) is 17.2 Å². The van der Waals surface area contributed by atoms with E-state index < -0.39 is 0 Å². The summed E-state index contributed by atoms with van der Waals surface area (Å²) in [5.41, 5.74) is 1.65. The molecule has 0 saturated carbocycles. The Balaban J connectivity index is 1.54. The van der Waals surface area contributed by atoms with Gasteiger partial charge in [0.05, 0.1) is 20.3 Å². The fraction of sp³-hybridized carbons (Fsp3) is 0.379. The molecule has 7 nitrogen and oxygen atoms in total. The molecule has 2 atom stereocenters. The predicted octanol–water partition coefficient (Wildman–Crippen LogP) is 5.21. The number of ether oxygens (including phenoxy) is 3. The normalized spacial score (nSPS) is 15.5. The standard InChI is InChI=1S/C29H34N2O5S/c1-5-20(2)31(29(33)21-9-11-22(34-3)12-10-21)18-28(32)30-15-13-27-25(14-16-37-27)26(30)19-36-24-8-6-7-23(17-24)35-4/h6-12,14,16-17,20,26H,5,13,15,18-19H2,1-4H3/t20-,26-/m1/s1. The SMILES string of the molecule is CC[C@@H](C)N(CC(=O)N1CCc2sccc2[C@H]1COc1cccc(OC)c1)C(=O)c1ccc(OC)cc1. The van der Waals surface area contributed by atoms with Gasteiger partial charge in [-0.2, -0.15) is 0 Å². The number of methoxy groups -OCH3 is 2. The van der Waals surface area contributed by atoms with Gasteiger partial charge in [0, 0.05) is 29.1 Å². The lowest BCUT2D eigenvalue weighted by molar-refractivity contribution is -0.136. The summed E-state index contributed by atoms with van der Waals surface area (Å²) in [6.45, 7) is 4.91. The molecule has 1 aliphatic heterocycles. The van der Waals surface area contributed by atoms with Crippen molar-refractivity contribution in [1.29, 1.82) is 0 Å². The minimum Gasteiger partial charge on any atom is -0.497 e. The third-order valence-electron chi connectivity index (χ3n) is 6.89. The Morgan fingerprint density at radius 2 is 1.78 bits per heavy atom. The number of hydrogen-bond acceptors (Lipinski definition) is 6. The van der Waals surface area contributed by atoms with Crippen molar-refractivity contribution in [2.45, 2.75) is 38.8 Å². The van der Waals surface area contributed by atoms with Gasteiger partial charge in [0.1, 0.15) is 30.4 Å². The molecule has 0 saturated heterocycles. The lowest BCUT2D eigenvalue weighted by Crippen LogP contribution is -2.49. The molecule has 1 aliphatic rings. The number of fused-ring (bicyclic) bond motifs is 1. The first-order chi connectivity index (χ1) is 17.9. The zero-order valence-electron chi connectivity index (χ0n) is 21.8. The van der Waals surface area contributed by atoms with E-state index in [2.05, 4.69) is 11.4 Å². The fourth-order valence-corrected chi connectivity index (χ4v) is 5.45. The molecule has 0 fully saturated rings. The summed E-state index contributed by atoms with van der Waals surface area (Å²) in [7, 11) is 3.21. The van der Waals surface area contributed by atoms with Gasteiger partial charge in [0.15, 0.2) is 0 Å². The predicted molar refractivity (Wildman–Crippen MR) is 145 cm³/mol. The number of nitrogens with zero attached hydrogens (tertiary/aromatic N) is 2. The Morgan fingerprint density at radius 3 is 2.49 bits per heavy atom. The summed E-state index contributed by atoms with van der Waals surface area (Å²) in [4.78, 5) is 32.0. The maximum Gasteiger partial charge on any atom is 0.254 e. The molecule has 1 aromatic heterocycles. The number of amides is 2. The average Bonchev–Trinajstić information content (AvgIpc) is 3.43. The number of carbonyl (C=O) groups is 2. The molecule has 8 heteroatoms. The molecule has 37 heavy (non-hydrogen) atoms. The van der Waals surface area contributed by atoms with Gasteiger partial charge in [-0.1, -0.05) is 13.0 Å². The summed E-state index contributed by atoms with van der Waals surface area (Å²) >= 11 is 1.71. The highest BCUT2D eigenvalue weighted by Crippen LogP contribution is 2.34. The smallest absolute Gasteiger partial charge is 0.254 e. The molecule has 2 aromatic carbocycles. The molecule has 3 aromatic rings. The van der Waals surface area contributed by atoms with Crippen LogP contribution in [0.4, 0.5) is 0 Å². The summed E-state index contributed by atoms with van der Waals surface area (Å²) < 4.78 is 16.7. The van der Waals surface area contributed by atoms with E-state index in [1.165, 1.54) is 4.88 Å². The van der Waals surface area contributed by atoms with Gasteiger partial charge in [0.25, 0.3) is 5.91 Å². The van der Waals surface area contributed by atoms with Gasteiger partial charge < -0.3 is 24.0 Å². The lowest BCUT2D eigenvalue weighted by atomic mass is 10.00. The Kier molecular flexibility index (Phi) is 8.71. The maximum absolute atomic E-state index is 13.8. The Hall–Kier alpha value is -3.52. The Morgan fingerprint density at radius 1 is 1.05 bits per heavy atom. The monoisotopic (exact) mass is 522 g/mol. The van der Waals surface area contributed by atoms with E-state index in [1.807, 2.05) is 43.0 Å². The zero-order chi connectivity index (χ0) is 26.4. The molecule has 0 radical (unpaired) electrons. The highest BCUT2D eigenvalue weighted by Gasteiger charge is 2.34. The van der Waals surface area contributed by atoms with Crippen LogP contribution in [0.3, 0.4) is 0 Å². The van der Waals surface area contributed by atoms with Crippen LogP contribution in [0.25, 0.3) is 0 Å². The van der Waals surface area contributed by atoms with Gasteiger partial charge in [-0.15, -0.1) is 11.3 Å². The maximum atomic E-state index is 13.8. The van der Waals surface area contributed by atoms with Crippen LogP contribution in [0.2, 0.25) is 0 Å². The van der Waals surface area contributed by atoms with Crippen molar-refractivity contribution >= 4 is 23.2 Å². The van der Waals surface area contributed by atoms with Gasteiger partial charge in [-0.25, -0.2) is 0 Å². The largest absolute Gasteiger partial charge is 0.497 e. The number of benzene rings is 2. The highest BCUT2D eigenvalue weighted by atomic mass is 32.1. The second-order valence-electron chi connectivity index (χ2n) is 9.06. The van der Waals surface area contributed by atoms with Crippen molar-refractivity contribution in [2.24, 2.45) is 0 Å². The molecule has 0 aliphatic carbocycles. The number of rotatable bonds is 10. The molecule has 0 spiro atoms. The zero-order valence-corrected chi connectivity index (χ0v) is 22.6. The Bertz CT molecular complexity index is 1210. The van der Waals surface area contributed by atoms with Gasteiger partial charge in [-0.05, 0) is 73.2 Å². The van der Waals surface area contributed by atoms with Crippen LogP contribution < -0.4 is 14.2 Å². The van der Waals surface area contributed by atoms with Crippen molar-refractivity contribution in [3.8, 4) is 17.2 Å². The minimum absolute atomic E-state index is 0.00893. The van der Waals surface area contributed by atoms with Crippen LogP contribution >= 0.6 is 11.3 Å². The topological polar surface area (TPSA) is 68.3 Å². The number of hydrogen-bond donors (Lipinski definition) is 0. The van der Waals surface area contributed by atoms with E-state index in [1.54, 1.807) is 54.7 Å². The van der Waals surface area contributed by atoms with Crippen LogP contribution in [-0.4, -0.2) is 61.6 Å². The van der Waals surface area contributed by atoms with E-state index in [-0.39, 0.29) is 30.4 Å². The van der Waals surface area contributed by atoms with Gasteiger partial charge in [-0.3, -0.25) is 9.59 Å². The van der Waals surface area contributed by atoms with E-state index >= 15 is 0 Å². The minimum atomic E-state index is -0.233. The molecule has 0 bridgehead atoms. The first-order valence-electron chi connectivity index (χ1n) is 12.5. The molecule has 2 amide bonds. The summed E-state index contributed by atoms with van der Waals surface area (Å²) in [5.74, 6) is 1.83. The fourth-order valence-electron chi connectivity index (χ4n) is 4.52. The quantitative estimate of drug-likeness (QED) is 0.366. The van der Waals surface area contributed by atoms with Crippen molar-refractivity contribution in [2.75, 3.05) is 33.9 Å². The molecule has 4 rings (SSSR count). The molecular weight excluding hydrogens is 488 g/mol. The molecule has 196 valence electrons. The van der Waals surface area contributed by atoms with E-state index in [4.69, 9.17) is 14.2 Å². The van der Waals surface area contributed by atoms with Crippen LogP contribution in [0.1, 0.15) is 47.1 Å².